The molecular formula is C11H17N3. The molecule has 76 valence electrons. The Labute approximate surface area is 84.3 Å². The first kappa shape index (κ1) is 8.48. The molecule has 2 aliphatic rings. The average Bonchev–Trinajstić information content (AvgIpc) is 2.76. The first-order valence-electron chi connectivity index (χ1n) is 5.57. The van der Waals surface area contributed by atoms with Gasteiger partial charge in [-0.1, -0.05) is 0 Å². The van der Waals surface area contributed by atoms with Crippen LogP contribution in [0, 0.1) is 6.92 Å². The summed E-state index contributed by atoms with van der Waals surface area (Å²) in [4.78, 5) is 0. The Bertz CT molecular complexity index is 347. The van der Waals surface area contributed by atoms with Crippen molar-refractivity contribution in [3.05, 3.63) is 17.0 Å². The SMILES string of the molecule is Cc1[nH]nc2c1C1(CCC2)CCNC1. The maximum Gasteiger partial charge on any atom is 0.0663 e. The lowest BCUT2D eigenvalue weighted by atomic mass is 9.71. The number of aromatic amines is 1. The fourth-order valence-electron chi connectivity index (χ4n) is 3.25. The molecule has 1 atom stereocenters. The van der Waals surface area contributed by atoms with Crippen LogP contribution in [0.25, 0.3) is 0 Å². The van der Waals surface area contributed by atoms with Crippen molar-refractivity contribution in [2.75, 3.05) is 13.1 Å². The summed E-state index contributed by atoms with van der Waals surface area (Å²) in [6, 6.07) is 0. The minimum atomic E-state index is 0.421. The van der Waals surface area contributed by atoms with Crippen LogP contribution in [0.1, 0.15) is 36.2 Å². The summed E-state index contributed by atoms with van der Waals surface area (Å²) in [5, 5.41) is 11.1. The van der Waals surface area contributed by atoms with Gasteiger partial charge in [0.1, 0.15) is 0 Å². The molecule has 1 unspecified atom stereocenters. The summed E-state index contributed by atoms with van der Waals surface area (Å²) in [6.07, 6.45) is 5.11. The molecule has 3 rings (SSSR count). The van der Waals surface area contributed by atoms with Gasteiger partial charge in [0.2, 0.25) is 0 Å². The van der Waals surface area contributed by atoms with Crippen molar-refractivity contribution >= 4 is 0 Å². The number of nitrogens with one attached hydrogen (secondary N) is 2. The third-order valence-electron chi connectivity index (χ3n) is 3.87. The van der Waals surface area contributed by atoms with Gasteiger partial charge in [-0.05, 0) is 39.2 Å². The monoisotopic (exact) mass is 191 g/mol. The van der Waals surface area contributed by atoms with Gasteiger partial charge in [0.15, 0.2) is 0 Å². The average molecular weight is 191 g/mol. The van der Waals surface area contributed by atoms with Crippen LogP contribution in [0.15, 0.2) is 0 Å². The second-order valence-electron chi connectivity index (χ2n) is 4.73. The highest BCUT2D eigenvalue weighted by atomic mass is 15.1. The quantitative estimate of drug-likeness (QED) is 0.648. The molecule has 0 bridgehead atoms. The molecule has 2 heterocycles. The van der Waals surface area contributed by atoms with Crippen LogP contribution in [0.2, 0.25) is 0 Å². The molecule has 1 aliphatic heterocycles. The van der Waals surface area contributed by atoms with Crippen molar-refractivity contribution in [3.63, 3.8) is 0 Å². The van der Waals surface area contributed by atoms with Gasteiger partial charge in [-0.25, -0.2) is 0 Å². The molecule has 1 saturated heterocycles. The summed E-state index contributed by atoms with van der Waals surface area (Å²) >= 11 is 0. The highest BCUT2D eigenvalue weighted by Crippen LogP contribution is 2.42. The van der Waals surface area contributed by atoms with Crippen molar-refractivity contribution in [1.82, 2.24) is 15.5 Å². The van der Waals surface area contributed by atoms with Gasteiger partial charge in [0.05, 0.1) is 5.69 Å². The summed E-state index contributed by atoms with van der Waals surface area (Å²) in [5.41, 5.74) is 4.58. The van der Waals surface area contributed by atoms with Crippen LogP contribution in [0.3, 0.4) is 0 Å². The fourth-order valence-corrected chi connectivity index (χ4v) is 3.25. The molecule has 1 spiro atoms. The number of aromatic nitrogens is 2. The van der Waals surface area contributed by atoms with Crippen LogP contribution in [-0.4, -0.2) is 23.3 Å². The molecule has 1 aromatic heterocycles. The number of hydrogen-bond acceptors (Lipinski definition) is 2. The topological polar surface area (TPSA) is 40.7 Å². The maximum atomic E-state index is 4.42. The van der Waals surface area contributed by atoms with E-state index in [0.717, 1.165) is 6.54 Å². The lowest BCUT2D eigenvalue weighted by Gasteiger charge is -2.32. The van der Waals surface area contributed by atoms with Gasteiger partial charge in [-0.15, -0.1) is 0 Å². The zero-order valence-corrected chi connectivity index (χ0v) is 8.69. The number of aryl methyl sites for hydroxylation is 2. The van der Waals surface area contributed by atoms with Gasteiger partial charge in [0.25, 0.3) is 0 Å². The first-order valence-corrected chi connectivity index (χ1v) is 5.57. The van der Waals surface area contributed by atoms with Crippen LogP contribution in [0.5, 0.6) is 0 Å². The minimum absolute atomic E-state index is 0.421. The van der Waals surface area contributed by atoms with Crippen LogP contribution >= 0.6 is 0 Å². The molecule has 1 fully saturated rings. The van der Waals surface area contributed by atoms with Crippen molar-refractivity contribution in [3.8, 4) is 0 Å². The molecule has 3 heteroatoms. The lowest BCUT2D eigenvalue weighted by Crippen LogP contribution is -2.33. The molecule has 1 aromatic rings. The Morgan fingerprint density at radius 1 is 1.36 bits per heavy atom. The second-order valence-corrected chi connectivity index (χ2v) is 4.73. The number of nitrogens with zero attached hydrogens (tertiary/aromatic N) is 1. The molecular weight excluding hydrogens is 174 g/mol. The van der Waals surface area contributed by atoms with Crippen molar-refractivity contribution in [1.29, 1.82) is 0 Å². The van der Waals surface area contributed by atoms with Crippen LogP contribution in [0.4, 0.5) is 0 Å². The summed E-state index contributed by atoms with van der Waals surface area (Å²) in [6.45, 7) is 4.49. The molecule has 0 aromatic carbocycles. The number of hydrogen-bond donors (Lipinski definition) is 2. The highest BCUT2D eigenvalue weighted by Gasteiger charge is 2.41. The Balaban J connectivity index is 2.13. The van der Waals surface area contributed by atoms with Crippen LogP contribution in [-0.2, 0) is 11.8 Å². The zero-order chi connectivity index (χ0) is 9.60. The first-order chi connectivity index (χ1) is 6.82. The molecule has 1 aliphatic carbocycles. The van der Waals surface area contributed by atoms with E-state index in [9.17, 15) is 0 Å². The Morgan fingerprint density at radius 3 is 3.07 bits per heavy atom. The molecule has 0 amide bonds. The van der Waals surface area contributed by atoms with Gasteiger partial charge >= 0.3 is 0 Å². The van der Waals surface area contributed by atoms with Crippen molar-refractivity contribution in [2.45, 2.75) is 38.0 Å². The van der Waals surface area contributed by atoms with E-state index in [-0.39, 0.29) is 0 Å². The van der Waals surface area contributed by atoms with E-state index in [1.54, 1.807) is 0 Å². The van der Waals surface area contributed by atoms with E-state index < -0.39 is 0 Å². The Hall–Kier alpha value is -0.830. The summed E-state index contributed by atoms with van der Waals surface area (Å²) in [7, 11) is 0. The molecule has 0 saturated carbocycles. The summed E-state index contributed by atoms with van der Waals surface area (Å²) < 4.78 is 0. The third kappa shape index (κ3) is 0.989. The van der Waals surface area contributed by atoms with E-state index in [4.69, 9.17) is 0 Å². The predicted molar refractivity (Wildman–Crippen MR) is 55.4 cm³/mol. The van der Waals surface area contributed by atoms with Crippen molar-refractivity contribution < 1.29 is 0 Å². The van der Waals surface area contributed by atoms with Gasteiger partial charge in [-0.2, -0.15) is 5.10 Å². The number of H-pyrrole nitrogens is 1. The predicted octanol–water partition coefficient (Wildman–Crippen LogP) is 1.29. The zero-order valence-electron chi connectivity index (χ0n) is 8.69. The minimum Gasteiger partial charge on any atom is -0.316 e. The van der Waals surface area contributed by atoms with Crippen molar-refractivity contribution in [2.24, 2.45) is 0 Å². The van der Waals surface area contributed by atoms with E-state index in [1.165, 1.54) is 49.2 Å². The van der Waals surface area contributed by atoms with E-state index >= 15 is 0 Å². The van der Waals surface area contributed by atoms with Gasteiger partial charge in [-0.3, -0.25) is 5.10 Å². The van der Waals surface area contributed by atoms with Crippen LogP contribution < -0.4 is 5.32 Å². The molecule has 0 radical (unpaired) electrons. The van der Waals surface area contributed by atoms with E-state index in [0.29, 0.717) is 5.41 Å². The lowest BCUT2D eigenvalue weighted by molar-refractivity contribution is 0.390. The Morgan fingerprint density at radius 2 is 2.29 bits per heavy atom. The maximum absolute atomic E-state index is 4.42. The van der Waals surface area contributed by atoms with Gasteiger partial charge < -0.3 is 5.32 Å². The largest absolute Gasteiger partial charge is 0.316 e. The molecule has 3 nitrogen and oxygen atoms in total. The van der Waals surface area contributed by atoms with Gasteiger partial charge in [0, 0.05) is 23.2 Å². The van der Waals surface area contributed by atoms with E-state index in [2.05, 4.69) is 22.4 Å². The highest BCUT2D eigenvalue weighted by molar-refractivity contribution is 5.37. The third-order valence-corrected chi connectivity index (χ3v) is 3.87. The standard InChI is InChI=1S/C11H17N3/c1-8-10-9(14-13-8)3-2-4-11(10)5-6-12-7-11/h12H,2-7H2,1H3,(H,13,14). The molecule has 14 heavy (non-hydrogen) atoms. The molecule has 2 N–H and O–H groups in total. The summed E-state index contributed by atoms with van der Waals surface area (Å²) in [5.74, 6) is 0. The Kier molecular flexibility index (Phi) is 1.71. The smallest absolute Gasteiger partial charge is 0.0663 e. The second kappa shape index (κ2) is 2.83. The van der Waals surface area contributed by atoms with E-state index in [1.807, 2.05) is 0 Å². The number of rotatable bonds is 0. The number of fused-ring (bicyclic) bond motifs is 2. The normalized spacial score (nSPS) is 30.9. The fraction of sp³-hybridized carbons (Fsp3) is 0.727.